The molecule has 0 amide bonds. The summed E-state index contributed by atoms with van der Waals surface area (Å²) in [7, 11) is 0. The molecule has 0 nitrogen and oxygen atoms in total. The molecule has 144 valence electrons. The molecule has 0 aromatic rings. The minimum absolute atomic E-state index is 0.0929. The predicted octanol–water partition coefficient (Wildman–Crippen LogP) is 6.27. The lowest BCUT2D eigenvalue weighted by atomic mass is 9.68. The zero-order chi connectivity index (χ0) is 19.6. The molecule has 1 rings (SSSR count). The van der Waals surface area contributed by atoms with Crippen LogP contribution in [-0.2, 0) is 0 Å². The summed E-state index contributed by atoms with van der Waals surface area (Å²) in [6, 6.07) is 0. The lowest BCUT2D eigenvalue weighted by Crippen LogP contribution is -2.84. The molecule has 0 N–H and O–H groups in total. The third kappa shape index (κ3) is 2.36. The summed E-state index contributed by atoms with van der Waals surface area (Å²) in [5, 5.41) is 0. The van der Waals surface area contributed by atoms with Crippen LogP contribution in [0.3, 0.4) is 0 Å². The van der Waals surface area contributed by atoms with Crippen LogP contribution < -0.4 is 0 Å². The largest absolute Gasteiger partial charge is 0.384 e. The van der Waals surface area contributed by atoms with Crippen molar-refractivity contribution in [2.24, 2.45) is 0 Å². The van der Waals surface area contributed by atoms with Crippen molar-refractivity contribution >= 4 is 22.6 Å². The van der Waals surface area contributed by atoms with E-state index in [1.165, 1.54) is 29.5 Å². The van der Waals surface area contributed by atoms with Crippen molar-refractivity contribution in [3.05, 3.63) is 0 Å². The van der Waals surface area contributed by atoms with Crippen LogP contribution in [0, 0.1) is 0 Å². The Labute approximate surface area is 143 Å². The van der Waals surface area contributed by atoms with Gasteiger partial charge in [0.15, 0.2) is 0 Å². The molecule has 0 radical (unpaired) electrons. The smallest absolute Gasteiger partial charge is 0.230 e. The van der Waals surface area contributed by atoms with Gasteiger partial charge in [-0.05, 0) is 6.42 Å². The molecular formula is C12H12F11I. The highest BCUT2D eigenvalue weighted by molar-refractivity contribution is 14.1. The van der Waals surface area contributed by atoms with Crippen molar-refractivity contribution < 1.29 is 48.3 Å². The van der Waals surface area contributed by atoms with Crippen molar-refractivity contribution in [1.82, 2.24) is 0 Å². The van der Waals surface area contributed by atoms with E-state index >= 15 is 0 Å². The lowest BCUT2D eigenvalue weighted by Gasteiger charge is -2.53. The third-order valence-corrected chi connectivity index (χ3v) is 4.88. The molecule has 0 aliphatic heterocycles. The number of hydrogen-bond acceptors (Lipinski definition) is 0. The van der Waals surface area contributed by atoms with Crippen LogP contribution in [0.25, 0.3) is 0 Å². The third-order valence-electron chi connectivity index (χ3n) is 3.96. The van der Waals surface area contributed by atoms with Gasteiger partial charge >= 0.3 is 29.6 Å². The van der Waals surface area contributed by atoms with Gasteiger partial charge in [0.1, 0.15) is 0 Å². The Kier molecular flexibility index (Phi) is 5.02. The average Bonchev–Trinajstić information content (AvgIpc) is 2.35. The van der Waals surface area contributed by atoms with Crippen molar-refractivity contribution in [3.8, 4) is 0 Å². The quantitative estimate of drug-likeness (QED) is 0.247. The van der Waals surface area contributed by atoms with E-state index in [0.29, 0.717) is 0 Å². The van der Waals surface area contributed by atoms with Crippen LogP contribution in [0.15, 0.2) is 0 Å². The maximum absolute atomic E-state index is 14.5. The highest BCUT2D eigenvalue weighted by Crippen LogP contribution is 2.71. The molecule has 0 bridgehead atoms. The Morgan fingerprint density at radius 1 is 0.667 bits per heavy atom. The normalized spacial score (nSPS) is 31.2. The molecule has 1 saturated carbocycles. The molecule has 12 heteroatoms. The van der Waals surface area contributed by atoms with Crippen LogP contribution in [0.2, 0.25) is 0 Å². The Morgan fingerprint density at radius 3 is 1.25 bits per heavy atom. The number of halogens is 12. The standard InChI is InChI=1S/C12H12F11I/c1-3-4-6(2,24)5-7(13)8(14,15)10(18,19)12(22,23)11(20,21)9(7,16)17/h3-5H2,1-2H3. The summed E-state index contributed by atoms with van der Waals surface area (Å²) >= 11 is 1.17. The SMILES string of the molecule is CCCC(C)(I)CC1(F)C(F)(F)C(F)(F)C(F)(F)C(F)(F)C1(F)F. The molecule has 1 unspecified atom stereocenters. The highest BCUT2D eigenvalue weighted by atomic mass is 127. The van der Waals surface area contributed by atoms with Gasteiger partial charge in [-0.3, -0.25) is 0 Å². The maximum Gasteiger partial charge on any atom is 0.384 e. The van der Waals surface area contributed by atoms with E-state index in [-0.39, 0.29) is 12.8 Å². The number of hydrogen-bond donors (Lipinski definition) is 0. The zero-order valence-corrected chi connectivity index (χ0v) is 14.3. The van der Waals surface area contributed by atoms with Crippen LogP contribution in [0.1, 0.15) is 33.1 Å². The molecule has 1 aliphatic carbocycles. The zero-order valence-electron chi connectivity index (χ0n) is 12.2. The molecular weight excluding hydrogens is 480 g/mol. The first-order valence-corrected chi connectivity index (χ1v) is 7.61. The molecule has 0 aromatic carbocycles. The summed E-state index contributed by atoms with van der Waals surface area (Å²) in [6.07, 6.45) is -2.36. The first kappa shape index (κ1) is 22.0. The molecule has 1 aliphatic rings. The molecule has 24 heavy (non-hydrogen) atoms. The maximum atomic E-state index is 14.5. The van der Waals surface area contributed by atoms with Crippen LogP contribution in [0.4, 0.5) is 48.3 Å². The van der Waals surface area contributed by atoms with Gasteiger partial charge in [0.2, 0.25) is 0 Å². The number of alkyl halides is 12. The van der Waals surface area contributed by atoms with E-state index in [1.807, 2.05) is 0 Å². The van der Waals surface area contributed by atoms with Crippen molar-refractivity contribution in [2.75, 3.05) is 0 Å². The van der Waals surface area contributed by atoms with E-state index in [0.717, 1.165) is 6.92 Å². The fraction of sp³-hybridized carbons (Fsp3) is 1.00. The van der Waals surface area contributed by atoms with Crippen molar-refractivity contribution in [3.63, 3.8) is 0 Å². The fourth-order valence-electron chi connectivity index (χ4n) is 2.63. The lowest BCUT2D eigenvalue weighted by molar-refractivity contribution is -0.486. The van der Waals surface area contributed by atoms with Gasteiger partial charge in [0, 0.05) is 9.84 Å². The van der Waals surface area contributed by atoms with E-state index in [9.17, 15) is 48.3 Å². The van der Waals surface area contributed by atoms with Gasteiger partial charge in [-0.2, -0.15) is 43.9 Å². The van der Waals surface area contributed by atoms with Crippen LogP contribution in [0.5, 0.6) is 0 Å². The van der Waals surface area contributed by atoms with Crippen molar-refractivity contribution in [1.29, 1.82) is 0 Å². The molecule has 0 heterocycles. The molecule has 1 atom stereocenters. The first-order valence-electron chi connectivity index (χ1n) is 6.54. The average molecular weight is 492 g/mol. The van der Waals surface area contributed by atoms with Gasteiger partial charge < -0.3 is 0 Å². The molecule has 0 spiro atoms. The van der Waals surface area contributed by atoms with Crippen LogP contribution in [-0.4, -0.2) is 38.7 Å². The molecule has 0 saturated heterocycles. The van der Waals surface area contributed by atoms with E-state index in [4.69, 9.17) is 0 Å². The molecule has 1 fully saturated rings. The van der Waals surface area contributed by atoms with E-state index in [1.54, 1.807) is 0 Å². The van der Waals surface area contributed by atoms with Crippen LogP contribution >= 0.6 is 22.6 Å². The highest BCUT2D eigenvalue weighted by Gasteiger charge is 3.00. The topological polar surface area (TPSA) is 0 Å². The summed E-state index contributed by atoms with van der Waals surface area (Å²) < 4.78 is 147. The number of rotatable bonds is 4. The van der Waals surface area contributed by atoms with E-state index in [2.05, 4.69) is 0 Å². The Morgan fingerprint density at radius 2 is 0.958 bits per heavy atom. The Balaban J connectivity index is 3.69. The second kappa shape index (κ2) is 5.48. The Hall–Kier alpha value is -0.0400. The Bertz CT molecular complexity index is 467. The minimum atomic E-state index is -7.14. The summed E-state index contributed by atoms with van der Waals surface area (Å²) in [4.78, 5) is 0. The monoisotopic (exact) mass is 492 g/mol. The summed E-state index contributed by atoms with van der Waals surface area (Å²) in [5.74, 6) is -34.6. The predicted molar refractivity (Wildman–Crippen MR) is 70.5 cm³/mol. The second-order valence-electron chi connectivity index (χ2n) is 6.01. The van der Waals surface area contributed by atoms with E-state index < -0.39 is 45.1 Å². The summed E-state index contributed by atoms with van der Waals surface area (Å²) in [5.41, 5.74) is -5.88. The van der Waals surface area contributed by atoms with Gasteiger partial charge in [0.25, 0.3) is 5.67 Å². The summed E-state index contributed by atoms with van der Waals surface area (Å²) in [6.45, 7) is 2.31. The van der Waals surface area contributed by atoms with Gasteiger partial charge in [-0.25, -0.2) is 4.39 Å². The van der Waals surface area contributed by atoms with Gasteiger partial charge in [-0.1, -0.05) is 42.9 Å². The van der Waals surface area contributed by atoms with Gasteiger partial charge in [-0.15, -0.1) is 0 Å². The fourth-order valence-corrected chi connectivity index (χ4v) is 3.69. The second-order valence-corrected chi connectivity index (χ2v) is 8.62. The molecule has 0 aromatic heterocycles. The minimum Gasteiger partial charge on any atom is -0.230 e. The van der Waals surface area contributed by atoms with Crippen molar-refractivity contribution in [2.45, 2.75) is 71.8 Å². The van der Waals surface area contributed by atoms with Gasteiger partial charge in [0.05, 0.1) is 0 Å². The first-order chi connectivity index (χ1) is 10.3.